The lowest BCUT2D eigenvalue weighted by Crippen LogP contribution is -2.40. The van der Waals surface area contributed by atoms with Crippen molar-refractivity contribution in [3.63, 3.8) is 0 Å². The molecule has 4 nitrogen and oxygen atoms in total. The summed E-state index contributed by atoms with van der Waals surface area (Å²) in [5.74, 6) is 0. The molecule has 1 aliphatic rings. The van der Waals surface area contributed by atoms with Gasteiger partial charge in [-0.25, -0.2) is 0 Å². The van der Waals surface area contributed by atoms with Gasteiger partial charge in [0.25, 0.3) is 0 Å². The largest absolute Gasteiger partial charge is 0.398 e. The van der Waals surface area contributed by atoms with E-state index in [1.165, 1.54) is 17.5 Å². The molecule has 0 saturated carbocycles. The van der Waals surface area contributed by atoms with E-state index in [-0.39, 0.29) is 0 Å². The summed E-state index contributed by atoms with van der Waals surface area (Å²) in [5, 5.41) is 2.22. The first-order chi connectivity index (χ1) is 10.3. The second-order valence-electron chi connectivity index (χ2n) is 5.68. The Morgan fingerprint density at radius 1 is 1.33 bits per heavy atom. The highest BCUT2D eigenvalue weighted by Gasteiger charge is 2.22. The first-order valence-corrected chi connectivity index (χ1v) is 7.78. The Hall–Kier alpha value is -1.81. The molecule has 1 fully saturated rings. The molecule has 3 rings (SSSR count). The molecular weight excluding hydrogens is 262 g/mol. The Bertz CT molecular complexity index is 614. The summed E-state index contributed by atoms with van der Waals surface area (Å²) in [6.45, 7) is 5.04. The number of benzene rings is 1. The van der Waals surface area contributed by atoms with E-state index in [1.54, 1.807) is 0 Å². The smallest absolute Gasteiger partial charge is 0.0750 e. The van der Waals surface area contributed by atoms with Crippen LogP contribution in [0, 0.1) is 0 Å². The zero-order valence-corrected chi connectivity index (χ0v) is 12.6. The van der Waals surface area contributed by atoms with E-state index in [0.717, 1.165) is 43.6 Å². The van der Waals surface area contributed by atoms with Gasteiger partial charge in [0.1, 0.15) is 0 Å². The average Bonchev–Trinajstić information content (AvgIpc) is 2.54. The van der Waals surface area contributed by atoms with Crippen molar-refractivity contribution in [2.24, 2.45) is 0 Å². The third kappa shape index (κ3) is 2.95. The van der Waals surface area contributed by atoms with Gasteiger partial charge in [0.2, 0.25) is 0 Å². The number of hydrogen-bond acceptors (Lipinski definition) is 4. The highest BCUT2D eigenvalue weighted by Crippen LogP contribution is 2.32. The fourth-order valence-electron chi connectivity index (χ4n) is 3.05. The van der Waals surface area contributed by atoms with Gasteiger partial charge in [-0.05, 0) is 37.5 Å². The highest BCUT2D eigenvalue weighted by molar-refractivity contribution is 6.00. The monoisotopic (exact) mass is 285 g/mol. The van der Waals surface area contributed by atoms with E-state index in [4.69, 9.17) is 10.5 Å². The zero-order valence-electron chi connectivity index (χ0n) is 12.6. The highest BCUT2D eigenvalue weighted by atomic mass is 16.5. The minimum atomic E-state index is 0.341. The number of nitrogens with zero attached hydrogens (tertiary/aromatic N) is 2. The maximum Gasteiger partial charge on any atom is 0.0750 e. The van der Waals surface area contributed by atoms with Crippen LogP contribution in [-0.4, -0.2) is 30.8 Å². The third-order valence-electron chi connectivity index (χ3n) is 4.11. The van der Waals surface area contributed by atoms with E-state index in [1.807, 2.05) is 18.5 Å². The number of nitrogen functional groups attached to an aromatic ring is 1. The molecule has 2 N–H and O–H groups in total. The van der Waals surface area contributed by atoms with Crippen LogP contribution in [0.5, 0.6) is 0 Å². The van der Waals surface area contributed by atoms with Gasteiger partial charge >= 0.3 is 0 Å². The molecule has 0 radical (unpaired) electrons. The first-order valence-electron chi connectivity index (χ1n) is 7.78. The van der Waals surface area contributed by atoms with Crippen LogP contribution >= 0.6 is 0 Å². The Morgan fingerprint density at radius 2 is 2.24 bits per heavy atom. The summed E-state index contributed by atoms with van der Waals surface area (Å²) in [7, 11) is 0. The topological polar surface area (TPSA) is 51.4 Å². The SMILES string of the molecule is CCCOC1CCCN(c2ccc(N)c3cnccc23)C1. The molecule has 0 bridgehead atoms. The Kier molecular flexibility index (Phi) is 4.25. The predicted molar refractivity (Wildman–Crippen MR) is 87.6 cm³/mol. The van der Waals surface area contributed by atoms with Crippen molar-refractivity contribution in [1.82, 2.24) is 4.98 Å². The normalized spacial score (nSPS) is 19.1. The van der Waals surface area contributed by atoms with Gasteiger partial charge in [0, 0.05) is 54.2 Å². The number of anilines is 2. The molecule has 0 amide bonds. The Morgan fingerprint density at radius 3 is 3.10 bits per heavy atom. The number of ether oxygens (including phenoxy) is 1. The average molecular weight is 285 g/mol. The molecular formula is C17H23N3O. The molecule has 1 saturated heterocycles. The lowest BCUT2D eigenvalue weighted by molar-refractivity contribution is 0.0441. The standard InChI is InChI=1S/C17H23N3O/c1-2-10-21-13-4-3-9-20(12-13)17-6-5-16(18)15-11-19-8-7-14(15)17/h5-8,11,13H,2-4,9-10,12,18H2,1H3. The van der Waals surface area contributed by atoms with Crippen molar-refractivity contribution in [3.8, 4) is 0 Å². The van der Waals surface area contributed by atoms with Gasteiger partial charge in [-0.2, -0.15) is 0 Å². The molecule has 0 aliphatic carbocycles. The number of fused-ring (bicyclic) bond motifs is 1. The van der Waals surface area contributed by atoms with Crippen molar-refractivity contribution in [2.45, 2.75) is 32.3 Å². The zero-order chi connectivity index (χ0) is 14.7. The molecule has 0 spiro atoms. The number of piperidine rings is 1. The van der Waals surface area contributed by atoms with E-state index in [9.17, 15) is 0 Å². The van der Waals surface area contributed by atoms with Crippen LogP contribution in [0.1, 0.15) is 26.2 Å². The maximum absolute atomic E-state index is 6.06. The molecule has 1 atom stereocenters. The van der Waals surface area contributed by atoms with Gasteiger partial charge in [-0.3, -0.25) is 4.98 Å². The molecule has 2 heterocycles. The van der Waals surface area contributed by atoms with Crippen LogP contribution in [-0.2, 0) is 4.74 Å². The van der Waals surface area contributed by atoms with E-state index < -0.39 is 0 Å². The fraction of sp³-hybridized carbons (Fsp3) is 0.471. The van der Waals surface area contributed by atoms with Gasteiger partial charge in [0.15, 0.2) is 0 Å². The van der Waals surface area contributed by atoms with E-state index in [0.29, 0.717) is 6.10 Å². The lowest BCUT2D eigenvalue weighted by atomic mass is 10.0. The van der Waals surface area contributed by atoms with Gasteiger partial charge < -0.3 is 15.4 Å². The molecule has 4 heteroatoms. The van der Waals surface area contributed by atoms with Crippen molar-refractivity contribution in [2.75, 3.05) is 30.3 Å². The summed E-state index contributed by atoms with van der Waals surface area (Å²) in [6, 6.07) is 6.16. The second kappa shape index (κ2) is 6.31. The van der Waals surface area contributed by atoms with Gasteiger partial charge in [-0.15, -0.1) is 0 Å². The molecule has 2 aromatic rings. The molecule has 1 aromatic carbocycles. The summed E-state index contributed by atoms with van der Waals surface area (Å²) in [6.07, 6.45) is 7.43. The summed E-state index contributed by atoms with van der Waals surface area (Å²) >= 11 is 0. The fourth-order valence-corrected chi connectivity index (χ4v) is 3.05. The van der Waals surface area contributed by atoms with Crippen molar-refractivity contribution >= 4 is 22.1 Å². The number of aromatic nitrogens is 1. The predicted octanol–water partition coefficient (Wildman–Crippen LogP) is 3.21. The van der Waals surface area contributed by atoms with Crippen LogP contribution in [0.15, 0.2) is 30.6 Å². The minimum Gasteiger partial charge on any atom is -0.398 e. The van der Waals surface area contributed by atoms with Gasteiger partial charge in [-0.1, -0.05) is 6.92 Å². The molecule has 1 aliphatic heterocycles. The Labute approximate surface area is 125 Å². The number of pyridine rings is 1. The Balaban J connectivity index is 1.88. The van der Waals surface area contributed by atoms with Crippen LogP contribution < -0.4 is 10.6 Å². The van der Waals surface area contributed by atoms with Crippen LogP contribution in [0.4, 0.5) is 11.4 Å². The van der Waals surface area contributed by atoms with Crippen molar-refractivity contribution in [3.05, 3.63) is 30.6 Å². The van der Waals surface area contributed by atoms with Crippen LogP contribution in [0.3, 0.4) is 0 Å². The first kappa shape index (κ1) is 14.1. The quantitative estimate of drug-likeness (QED) is 0.876. The molecule has 1 aromatic heterocycles. The lowest BCUT2D eigenvalue weighted by Gasteiger charge is -2.35. The summed E-state index contributed by atoms with van der Waals surface area (Å²) in [4.78, 5) is 6.61. The molecule has 21 heavy (non-hydrogen) atoms. The van der Waals surface area contributed by atoms with Gasteiger partial charge in [0.05, 0.1) is 6.10 Å². The number of hydrogen-bond donors (Lipinski definition) is 1. The van der Waals surface area contributed by atoms with E-state index >= 15 is 0 Å². The van der Waals surface area contributed by atoms with E-state index in [2.05, 4.69) is 28.9 Å². The summed E-state index contributed by atoms with van der Waals surface area (Å²) in [5.41, 5.74) is 8.10. The molecule has 1 unspecified atom stereocenters. The second-order valence-corrected chi connectivity index (χ2v) is 5.68. The maximum atomic E-state index is 6.06. The number of nitrogens with two attached hydrogens (primary N) is 1. The van der Waals surface area contributed by atoms with Crippen LogP contribution in [0.2, 0.25) is 0 Å². The van der Waals surface area contributed by atoms with Crippen LogP contribution in [0.25, 0.3) is 10.8 Å². The van der Waals surface area contributed by atoms with Crippen molar-refractivity contribution in [1.29, 1.82) is 0 Å². The third-order valence-corrected chi connectivity index (χ3v) is 4.11. The van der Waals surface area contributed by atoms with Crippen molar-refractivity contribution < 1.29 is 4.74 Å². The molecule has 112 valence electrons. The number of rotatable bonds is 4. The minimum absolute atomic E-state index is 0.341. The summed E-state index contributed by atoms with van der Waals surface area (Å²) < 4.78 is 5.94.